The van der Waals surface area contributed by atoms with Crippen LogP contribution >= 0.6 is 23.8 Å². The van der Waals surface area contributed by atoms with Crippen molar-refractivity contribution in [3.8, 4) is 0 Å². The summed E-state index contributed by atoms with van der Waals surface area (Å²) in [5.41, 5.74) is 5.65. The fourth-order valence-corrected chi connectivity index (χ4v) is 6.36. The van der Waals surface area contributed by atoms with Crippen LogP contribution in [0.3, 0.4) is 0 Å². The summed E-state index contributed by atoms with van der Waals surface area (Å²) >= 11 is 11.5. The van der Waals surface area contributed by atoms with Gasteiger partial charge in [0.2, 0.25) is 11.8 Å². The third-order valence-corrected chi connectivity index (χ3v) is 9.46. The molecular weight excluding hydrogens is 655 g/mol. The van der Waals surface area contributed by atoms with E-state index in [2.05, 4.69) is 20.9 Å². The lowest BCUT2D eigenvalue weighted by molar-refractivity contribution is -0.136. The molecule has 1 aromatic heterocycles. The molecule has 3 aromatic rings. The lowest BCUT2D eigenvalue weighted by Crippen LogP contribution is -2.62. The Bertz CT molecular complexity index is 1670. The zero-order valence-electron chi connectivity index (χ0n) is 26.6. The average Bonchev–Trinajstić information content (AvgIpc) is 3.37. The minimum Gasteiger partial charge on any atom is -0.423 e. The zero-order chi connectivity index (χ0) is 34.6. The Labute approximate surface area is 281 Å². The summed E-state index contributed by atoms with van der Waals surface area (Å²) in [6.45, 7) is 7.33. The molecule has 0 saturated carbocycles. The van der Waals surface area contributed by atoms with Gasteiger partial charge in [-0.25, -0.2) is 18.0 Å². The summed E-state index contributed by atoms with van der Waals surface area (Å²) < 4.78 is 49.0. The largest absolute Gasteiger partial charge is 0.423 e. The minimum atomic E-state index is -1.66. The first-order chi connectivity index (χ1) is 22.2. The van der Waals surface area contributed by atoms with Gasteiger partial charge in [0, 0.05) is 29.5 Å². The molecule has 0 radical (unpaired) electrons. The van der Waals surface area contributed by atoms with Crippen molar-refractivity contribution in [3.63, 3.8) is 0 Å². The Morgan fingerprint density at radius 3 is 2.32 bits per heavy atom. The fraction of sp³-hybridized carbons (Fsp3) is 0.455. The molecule has 1 aliphatic rings. The number of hydrogen-bond donors (Lipinski definition) is 5. The number of thiocarbonyl (C=S) groups is 1. The highest BCUT2D eigenvalue weighted by molar-refractivity contribution is 7.80. The van der Waals surface area contributed by atoms with Crippen molar-refractivity contribution in [1.29, 1.82) is 0 Å². The van der Waals surface area contributed by atoms with Gasteiger partial charge in [0.25, 0.3) is 0 Å². The van der Waals surface area contributed by atoms with E-state index in [0.717, 1.165) is 17.8 Å². The van der Waals surface area contributed by atoms with Gasteiger partial charge in [-0.05, 0) is 48.1 Å². The summed E-state index contributed by atoms with van der Waals surface area (Å²) in [6, 6.07) is 3.91. The van der Waals surface area contributed by atoms with Crippen molar-refractivity contribution in [1.82, 2.24) is 20.9 Å². The van der Waals surface area contributed by atoms with Crippen LogP contribution in [0, 0.1) is 29.3 Å². The number of hydrogen-bond acceptors (Lipinski definition) is 5. The van der Waals surface area contributed by atoms with Gasteiger partial charge < -0.3 is 31.4 Å². The molecule has 0 bridgehead atoms. The van der Waals surface area contributed by atoms with E-state index >= 15 is 0 Å². The Hall–Kier alpha value is -3.84. The first kappa shape index (κ1) is 36.0. The van der Waals surface area contributed by atoms with Gasteiger partial charge in [0.1, 0.15) is 23.5 Å². The predicted molar refractivity (Wildman–Crippen MR) is 177 cm³/mol. The quantitative estimate of drug-likeness (QED) is 0.121. The van der Waals surface area contributed by atoms with Crippen LogP contribution in [0.4, 0.5) is 18.0 Å². The molecular formula is C33H39ClF3N5O4S. The van der Waals surface area contributed by atoms with Gasteiger partial charge in [-0.2, -0.15) is 0 Å². The number of nitrogens with two attached hydrogens (primary N) is 1. The highest BCUT2D eigenvalue weighted by Crippen LogP contribution is 2.38. The summed E-state index contributed by atoms with van der Waals surface area (Å²) in [6.07, 6.45) is -0.0949. The summed E-state index contributed by atoms with van der Waals surface area (Å²) in [4.78, 5) is 43.7. The second-order valence-electron chi connectivity index (χ2n) is 12.2. The number of benzene rings is 2. The Morgan fingerprint density at radius 2 is 1.70 bits per heavy atom. The maximum Gasteiger partial charge on any atom is 0.409 e. The second kappa shape index (κ2) is 14.9. The van der Waals surface area contributed by atoms with Crippen LogP contribution in [0.15, 0.2) is 30.3 Å². The molecule has 47 heavy (non-hydrogen) atoms. The lowest BCUT2D eigenvalue weighted by atomic mass is 9.87. The van der Waals surface area contributed by atoms with Crippen LogP contribution in [0.1, 0.15) is 63.8 Å². The van der Waals surface area contributed by atoms with Crippen LogP contribution in [0.2, 0.25) is 5.02 Å². The third-order valence-electron chi connectivity index (χ3n) is 8.90. The van der Waals surface area contributed by atoms with Gasteiger partial charge in [0.15, 0.2) is 5.72 Å². The van der Waals surface area contributed by atoms with E-state index in [4.69, 9.17) is 34.3 Å². The fourth-order valence-electron chi connectivity index (χ4n) is 5.82. The number of nitrogens with one attached hydrogen (secondary N) is 4. The number of ether oxygens (including phenoxy) is 1. The molecule has 0 aliphatic heterocycles. The van der Waals surface area contributed by atoms with E-state index in [1.54, 1.807) is 6.92 Å². The molecule has 6 N–H and O–H groups in total. The molecule has 2 aromatic carbocycles. The molecule has 0 saturated heterocycles. The van der Waals surface area contributed by atoms with Gasteiger partial charge in [-0.15, -0.1) is 0 Å². The first-order valence-electron chi connectivity index (χ1n) is 15.5. The van der Waals surface area contributed by atoms with Gasteiger partial charge in [0.05, 0.1) is 28.0 Å². The molecule has 5 atom stereocenters. The second-order valence-corrected chi connectivity index (χ2v) is 13.0. The van der Waals surface area contributed by atoms with Gasteiger partial charge in [-0.3, -0.25) is 9.59 Å². The number of aromatic amines is 1. The van der Waals surface area contributed by atoms with E-state index in [-0.39, 0.29) is 35.2 Å². The maximum atomic E-state index is 14.5. The number of carbonyl (C=O) groups is 3. The van der Waals surface area contributed by atoms with Crippen LogP contribution < -0.4 is 21.7 Å². The van der Waals surface area contributed by atoms with Crippen molar-refractivity contribution in [2.45, 2.75) is 84.0 Å². The first-order valence-corrected chi connectivity index (χ1v) is 16.3. The molecule has 14 heteroatoms. The Kier molecular flexibility index (Phi) is 11.4. The smallest absolute Gasteiger partial charge is 0.409 e. The molecule has 9 nitrogen and oxygen atoms in total. The molecule has 4 rings (SSSR count). The number of amides is 3. The van der Waals surface area contributed by atoms with E-state index in [1.807, 2.05) is 20.8 Å². The summed E-state index contributed by atoms with van der Waals surface area (Å²) in [7, 11) is 0. The number of H-pyrrole nitrogens is 1. The number of rotatable bonds is 12. The van der Waals surface area contributed by atoms with Crippen molar-refractivity contribution in [2.75, 3.05) is 0 Å². The van der Waals surface area contributed by atoms with Crippen molar-refractivity contribution in [3.05, 3.63) is 69.6 Å². The van der Waals surface area contributed by atoms with Gasteiger partial charge in [-0.1, -0.05) is 70.4 Å². The van der Waals surface area contributed by atoms with E-state index in [0.29, 0.717) is 29.3 Å². The number of carbonyl (C=O) groups excluding carboxylic acids is 3. The zero-order valence-corrected chi connectivity index (χ0v) is 28.1. The van der Waals surface area contributed by atoms with E-state index in [9.17, 15) is 27.6 Å². The molecule has 3 amide bonds. The molecule has 1 aliphatic carbocycles. The Morgan fingerprint density at radius 1 is 1.06 bits per heavy atom. The standard InChI is InChI=1S/C33H39ClF3N5O4S/c1-5-16(3)27(30(38)47)41-32(45)46-33(11-10-25-21(15-33)19-12-18(35)13-22(34)29(19)39-25)42-31(44)28(17(4)6-2)40-26(43)14-20-23(36)8-7-9-24(20)37/h7-9,12-13,16-17,27-28,39H,5-6,10-11,14-15H2,1-4H3,(H2,38,47)(H,40,43)(H,41,45)(H,42,44)/t16-,17?,27?,28-,33+/m0/s1. The molecule has 0 spiro atoms. The number of aromatic nitrogens is 1. The van der Waals surface area contributed by atoms with Crippen LogP contribution in [0.5, 0.6) is 0 Å². The monoisotopic (exact) mass is 693 g/mol. The SMILES string of the molecule is CCC(C)[C@H](NC(=O)Cc1c(F)cccc1F)C(=O)N[C@@]1(OC(=O)NC(C(N)=S)[C@@H](C)CC)CCc2[nH]c3c(Cl)cc(F)cc3c2C1. The average molecular weight is 694 g/mol. The normalized spacial score (nSPS) is 18.4. The summed E-state index contributed by atoms with van der Waals surface area (Å²) in [5, 5.41) is 8.81. The maximum absolute atomic E-state index is 14.5. The number of halogens is 4. The highest BCUT2D eigenvalue weighted by Gasteiger charge is 2.44. The van der Waals surface area contributed by atoms with Crippen LogP contribution in [0.25, 0.3) is 10.9 Å². The molecule has 1 heterocycles. The molecule has 0 fully saturated rings. The van der Waals surface area contributed by atoms with Crippen molar-refractivity contribution >= 4 is 57.6 Å². The van der Waals surface area contributed by atoms with E-state index in [1.165, 1.54) is 18.2 Å². The van der Waals surface area contributed by atoms with Crippen LogP contribution in [-0.2, 0) is 33.6 Å². The number of alkyl carbamates (subject to hydrolysis) is 1. The molecule has 254 valence electrons. The topological polar surface area (TPSA) is 138 Å². The third kappa shape index (κ3) is 8.18. The van der Waals surface area contributed by atoms with Crippen molar-refractivity contribution < 1.29 is 32.3 Å². The lowest BCUT2D eigenvalue weighted by Gasteiger charge is -2.39. The minimum absolute atomic E-state index is 0.0629. The van der Waals surface area contributed by atoms with Crippen LogP contribution in [-0.4, -0.2) is 45.7 Å². The highest BCUT2D eigenvalue weighted by atomic mass is 35.5. The number of aryl methyl sites for hydroxylation is 1. The van der Waals surface area contributed by atoms with Crippen molar-refractivity contribution in [2.24, 2.45) is 17.6 Å². The Balaban J connectivity index is 1.67. The molecule has 2 unspecified atom stereocenters. The number of fused-ring (bicyclic) bond motifs is 3. The summed E-state index contributed by atoms with van der Waals surface area (Å²) in [5.74, 6) is -4.35. The predicted octanol–water partition coefficient (Wildman–Crippen LogP) is 5.74. The van der Waals surface area contributed by atoms with E-state index < -0.39 is 71.1 Å². The van der Waals surface area contributed by atoms with Gasteiger partial charge >= 0.3 is 6.09 Å².